The van der Waals surface area contributed by atoms with E-state index < -0.39 is 0 Å². The summed E-state index contributed by atoms with van der Waals surface area (Å²) in [5.74, 6) is 1.14. The first-order chi connectivity index (χ1) is 14.4. The van der Waals surface area contributed by atoms with E-state index in [4.69, 9.17) is 4.99 Å². The molecule has 31 heavy (non-hydrogen) atoms. The van der Waals surface area contributed by atoms with Crippen LogP contribution >= 0.6 is 24.0 Å². The molecule has 1 heterocycles. The van der Waals surface area contributed by atoms with Gasteiger partial charge in [0.25, 0.3) is 0 Å². The number of rotatable bonds is 11. The van der Waals surface area contributed by atoms with Gasteiger partial charge in [-0.2, -0.15) is 0 Å². The molecule has 2 N–H and O–H groups in total. The molecule has 6 nitrogen and oxygen atoms in total. The highest BCUT2D eigenvalue weighted by molar-refractivity contribution is 14.0. The fraction of sp³-hybridized carbons (Fsp3) is 0.667. The Balaban J connectivity index is 0.00000480. The predicted octanol–water partition coefficient (Wildman–Crippen LogP) is 3.99. The van der Waals surface area contributed by atoms with Gasteiger partial charge in [0.05, 0.1) is 6.54 Å². The molecule has 0 radical (unpaired) electrons. The first-order valence-electron chi connectivity index (χ1n) is 11.5. The lowest BCUT2D eigenvalue weighted by Crippen LogP contribution is -2.41. The summed E-state index contributed by atoms with van der Waals surface area (Å²) in [6.45, 7) is 16.2. The fourth-order valence-corrected chi connectivity index (χ4v) is 3.93. The van der Waals surface area contributed by atoms with E-state index in [1.54, 1.807) is 0 Å². The Labute approximate surface area is 206 Å². The number of carbonyl (C=O) groups is 1. The number of hydrogen-bond donors (Lipinski definition) is 2. The second-order valence-electron chi connectivity index (χ2n) is 8.64. The number of nitrogens with zero attached hydrogens (tertiary/aromatic N) is 3. The van der Waals surface area contributed by atoms with Crippen LogP contribution in [0, 0.1) is 0 Å². The summed E-state index contributed by atoms with van der Waals surface area (Å²) in [4.78, 5) is 21.0. The third kappa shape index (κ3) is 9.76. The van der Waals surface area contributed by atoms with E-state index in [9.17, 15) is 4.79 Å². The van der Waals surface area contributed by atoms with Gasteiger partial charge in [0.15, 0.2) is 5.96 Å². The maximum absolute atomic E-state index is 11.8. The minimum atomic E-state index is 0. The van der Waals surface area contributed by atoms with Gasteiger partial charge in [-0.25, -0.2) is 4.99 Å². The number of halogens is 1. The standard InChI is InChI=1S/C24H41N5O.HI/c1-6-25-24(26-14-8-16-29(19(2)3)20(4)5)27-17-21-10-12-22(13-11-21)18-28-15-7-9-23(28)30;/h10-13,19-20H,6-9,14-18H2,1-5H3,(H2,25,26,27);1H. The van der Waals surface area contributed by atoms with Crippen molar-refractivity contribution in [2.24, 2.45) is 4.99 Å². The van der Waals surface area contributed by atoms with E-state index in [2.05, 4.69) is 74.4 Å². The van der Waals surface area contributed by atoms with Crippen LogP contribution in [0.5, 0.6) is 0 Å². The first-order valence-corrected chi connectivity index (χ1v) is 11.5. The Hall–Kier alpha value is -1.35. The van der Waals surface area contributed by atoms with E-state index >= 15 is 0 Å². The van der Waals surface area contributed by atoms with E-state index in [-0.39, 0.29) is 29.9 Å². The summed E-state index contributed by atoms with van der Waals surface area (Å²) in [6.07, 6.45) is 2.77. The smallest absolute Gasteiger partial charge is 0.222 e. The molecule has 0 saturated carbocycles. The summed E-state index contributed by atoms with van der Waals surface area (Å²) in [6, 6.07) is 9.60. The molecule has 176 valence electrons. The molecule has 1 aliphatic heterocycles. The summed E-state index contributed by atoms with van der Waals surface area (Å²) in [5, 5.41) is 6.79. The van der Waals surface area contributed by atoms with Crippen LogP contribution in [0.1, 0.15) is 65.0 Å². The van der Waals surface area contributed by atoms with Crippen LogP contribution in [0.15, 0.2) is 29.3 Å². The molecule has 0 bridgehead atoms. The highest BCUT2D eigenvalue weighted by atomic mass is 127. The van der Waals surface area contributed by atoms with Crippen LogP contribution < -0.4 is 10.6 Å². The second kappa shape index (κ2) is 14.7. The third-order valence-corrected chi connectivity index (χ3v) is 5.54. The molecule has 1 aromatic rings. The highest BCUT2D eigenvalue weighted by Crippen LogP contribution is 2.15. The van der Waals surface area contributed by atoms with Gasteiger partial charge < -0.3 is 15.5 Å². The monoisotopic (exact) mass is 543 g/mol. The molecule has 0 atom stereocenters. The molecule has 1 amide bonds. The number of amides is 1. The maximum atomic E-state index is 11.8. The molecular formula is C24H42IN5O. The van der Waals surface area contributed by atoms with Crippen molar-refractivity contribution >= 4 is 35.8 Å². The summed E-state index contributed by atoms with van der Waals surface area (Å²) < 4.78 is 0. The van der Waals surface area contributed by atoms with E-state index in [1.807, 2.05) is 4.90 Å². The van der Waals surface area contributed by atoms with Crippen molar-refractivity contribution in [3.8, 4) is 0 Å². The molecule has 0 aromatic heterocycles. The molecular weight excluding hydrogens is 501 g/mol. The first kappa shape index (κ1) is 27.7. The Morgan fingerprint density at radius 2 is 1.74 bits per heavy atom. The number of nitrogens with one attached hydrogen (secondary N) is 2. The Morgan fingerprint density at radius 1 is 1.10 bits per heavy atom. The SMILES string of the molecule is CCNC(=NCc1ccc(CN2CCCC2=O)cc1)NCCCN(C(C)C)C(C)C.I. The number of hydrogen-bond acceptors (Lipinski definition) is 3. The van der Waals surface area contributed by atoms with E-state index in [1.165, 1.54) is 11.1 Å². The zero-order chi connectivity index (χ0) is 21.9. The van der Waals surface area contributed by atoms with Crippen LogP contribution in [0.4, 0.5) is 0 Å². The molecule has 1 aromatic carbocycles. The van der Waals surface area contributed by atoms with Crippen molar-refractivity contribution in [2.75, 3.05) is 26.2 Å². The maximum Gasteiger partial charge on any atom is 0.222 e. The van der Waals surface area contributed by atoms with Crippen LogP contribution in [0.25, 0.3) is 0 Å². The molecule has 0 unspecified atom stereocenters. The van der Waals surface area contributed by atoms with Crippen molar-refractivity contribution < 1.29 is 4.79 Å². The molecule has 0 spiro atoms. The minimum Gasteiger partial charge on any atom is -0.357 e. The Bertz CT molecular complexity index is 667. The normalized spacial score (nSPS) is 14.5. The molecule has 0 aliphatic carbocycles. The van der Waals surface area contributed by atoms with Gasteiger partial charge >= 0.3 is 0 Å². The van der Waals surface area contributed by atoms with Crippen LogP contribution in [0.3, 0.4) is 0 Å². The average Bonchev–Trinajstić information content (AvgIpc) is 3.10. The Morgan fingerprint density at radius 3 is 2.29 bits per heavy atom. The van der Waals surface area contributed by atoms with Crippen LogP contribution in [-0.4, -0.2) is 59.9 Å². The molecule has 1 saturated heterocycles. The van der Waals surface area contributed by atoms with Crippen molar-refractivity contribution in [1.29, 1.82) is 0 Å². The molecule has 2 rings (SSSR count). The zero-order valence-corrected chi connectivity index (χ0v) is 22.3. The predicted molar refractivity (Wildman–Crippen MR) is 141 cm³/mol. The van der Waals surface area contributed by atoms with E-state index in [0.29, 0.717) is 25.0 Å². The lowest BCUT2D eigenvalue weighted by atomic mass is 10.1. The largest absolute Gasteiger partial charge is 0.357 e. The van der Waals surface area contributed by atoms with Gasteiger partial charge in [-0.05, 0) is 58.6 Å². The number of guanidine groups is 1. The van der Waals surface area contributed by atoms with Crippen LogP contribution in [0.2, 0.25) is 0 Å². The number of benzene rings is 1. The van der Waals surface area contributed by atoms with E-state index in [0.717, 1.165) is 51.5 Å². The lowest BCUT2D eigenvalue weighted by molar-refractivity contribution is -0.128. The van der Waals surface area contributed by atoms with Crippen molar-refractivity contribution in [3.63, 3.8) is 0 Å². The van der Waals surface area contributed by atoms with Gasteiger partial charge in [-0.3, -0.25) is 9.69 Å². The highest BCUT2D eigenvalue weighted by Gasteiger charge is 2.19. The number of aliphatic imine (C=N–C) groups is 1. The summed E-state index contributed by atoms with van der Waals surface area (Å²) >= 11 is 0. The van der Waals surface area contributed by atoms with Gasteiger partial charge in [0, 0.05) is 51.2 Å². The average molecular weight is 544 g/mol. The number of carbonyl (C=O) groups excluding carboxylic acids is 1. The lowest BCUT2D eigenvalue weighted by Gasteiger charge is -2.30. The molecule has 7 heteroatoms. The summed E-state index contributed by atoms with van der Waals surface area (Å²) in [7, 11) is 0. The zero-order valence-electron chi connectivity index (χ0n) is 20.0. The molecule has 1 fully saturated rings. The van der Waals surface area contributed by atoms with Crippen LogP contribution in [-0.2, 0) is 17.9 Å². The summed E-state index contributed by atoms with van der Waals surface area (Å²) in [5.41, 5.74) is 2.36. The fourth-order valence-electron chi connectivity index (χ4n) is 3.93. The van der Waals surface area contributed by atoms with Gasteiger partial charge in [0.1, 0.15) is 0 Å². The second-order valence-corrected chi connectivity index (χ2v) is 8.64. The molecule has 1 aliphatic rings. The van der Waals surface area contributed by atoms with Crippen molar-refractivity contribution in [1.82, 2.24) is 20.4 Å². The van der Waals surface area contributed by atoms with Crippen molar-refractivity contribution in [3.05, 3.63) is 35.4 Å². The van der Waals surface area contributed by atoms with Gasteiger partial charge in [0.2, 0.25) is 5.91 Å². The third-order valence-electron chi connectivity index (χ3n) is 5.54. The van der Waals surface area contributed by atoms with Crippen molar-refractivity contribution in [2.45, 2.75) is 79.1 Å². The van der Waals surface area contributed by atoms with Gasteiger partial charge in [-0.1, -0.05) is 24.3 Å². The minimum absolute atomic E-state index is 0. The van der Waals surface area contributed by atoms with Gasteiger partial charge in [-0.15, -0.1) is 24.0 Å². The quantitative estimate of drug-likeness (QED) is 0.192. The Kier molecular flexibility index (Phi) is 13.1. The topological polar surface area (TPSA) is 60.0 Å². The number of likely N-dealkylation sites (tertiary alicyclic amines) is 1.